The first-order valence-electron chi connectivity index (χ1n) is 8.42. The van der Waals surface area contributed by atoms with Gasteiger partial charge in [-0.3, -0.25) is 9.91 Å². The Hall–Kier alpha value is -1.47. The number of aliphatic hydroxyl groups excluding tert-OH is 2. The van der Waals surface area contributed by atoms with E-state index in [1.54, 1.807) is 6.92 Å². The van der Waals surface area contributed by atoms with Crippen molar-refractivity contribution >= 4 is 6.72 Å². The Labute approximate surface area is 144 Å². The van der Waals surface area contributed by atoms with Crippen LogP contribution in [0.25, 0.3) is 0 Å². The van der Waals surface area contributed by atoms with Crippen LogP contribution in [-0.2, 0) is 17.9 Å². The largest absolute Gasteiger partial charge is 0.392 e. The maximum Gasteiger partial charge on any atom is 0.104 e. The zero-order valence-electron chi connectivity index (χ0n) is 14.7. The molecule has 6 nitrogen and oxygen atoms in total. The molecular formula is C18H29N3O3. The van der Waals surface area contributed by atoms with Crippen LogP contribution in [0.15, 0.2) is 29.4 Å². The van der Waals surface area contributed by atoms with E-state index in [9.17, 15) is 10.2 Å². The number of aliphatic hydroxyl groups is 2. The van der Waals surface area contributed by atoms with Gasteiger partial charge in [-0.1, -0.05) is 24.3 Å². The van der Waals surface area contributed by atoms with E-state index in [1.807, 2.05) is 41.1 Å². The summed E-state index contributed by atoms with van der Waals surface area (Å²) in [5.41, 5.74) is 1.87. The van der Waals surface area contributed by atoms with Gasteiger partial charge in [0, 0.05) is 38.3 Å². The summed E-state index contributed by atoms with van der Waals surface area (Å²) >= 11 is 0. The molecule has 1 unspecified atom stereocenters. The third-order valence-corrected chi connectivity index (χ3v) is 4.63. The van der Waals surface area contributed by atoms with Gasteiger partial charge in [-0.2, -0.15) is 5.10 Å². The van der Waals surface area contributed by atoms with Crippen molar-refractivity contribution in [3.8, 4) is 0 Å². The van der Waals surface area contributed by atoms with Crippen LogP contribution in [0, 0.1) is 5.41 Å². The van der Waals surface area contributed by atoms with Gasteiger partial charge in [0.15, 0.2) is 0 Å². The van der Waals surface area contributed by atoms with Crippen LogP contribution in [0.3, 0.4) is 0 Å². The molecule has 1 aromatic carbocycles. The lowest BCUT2D eigenvalue weighted by Crippen LogP contribution is -2.57. The minimum absolute atomic E-state index is 0.00206. The Morgan fingerprint density at radius 1 is 1.29 bits per heavy atom. The summed E-state index contributed by atoms with van der Waals surface area (Å²) < 4.78 is 5.47. The summed E-state index contributed by atoms with van der Waals surface area (Å²) in [5, 5.41) is 25.7. The van der Waals surface area contributed by atoms with Crippen LogP contribution in [0.5, 0.6) is 0 Å². The van der Waals surface area contributed by atoms with Gasteiger partial charge in [0.25, 0.3) is 0 Å². The zero-order valence-corrected chi connectivity index (χ0v) is 14.7. The van der Waals surface area contributed by atoms with Gasteiger partial charge in [-0.25, -0.2) is 0 Å². The molecule has 0 aliphatic carbocycles. The highest BCUT2D eigenvalue weighted by Crippen LogP contribution is 2.31. The molecule has 0 spiro atoms. The van der Waals surface area contributed by atoms with Crippen LogP contribution in [0.4, 0.5) is 0 Å². The lowest BCUT2D eigenvalue weighted by molar-refractivity contribution is -0.153. The second-order valence-corrected chi connectivity index (χ2v) is 6.58. The first-order chi connectivity index (χ1) is 11.5. The van der Waals surface area contributed by atoms with Gasteiger partial charge in [-0.05, 0) is 25.0 Å². The van der Waals surface area contributed by atoms with E-state index in [0.717, 1.165) is 24.2 Å². The van der Waals surface area contributed by atoms with E-state index in [1.165, 1.54) is 0 Å². The predicted octanol–water partition coefficient (Wildman–Crippen LogP) is 1.27. The number of ether oxygens (including phenoxy) is 1. The number of benzene rings is 1. The fourth-order valence-corrected chi connectivity index (χ4v) is 3.11. The number of rotatable bonds is 10. The molecule has 1 fully saturated rings. The number of nitrogens with zero attached hydrogens (tertiary/aromatic N) is 3. The average molecular weight is 335 g/mol. The zero-order chi connectivity index (χ0) is 17.6. The molecule has 2 rings (SSSR count). The molecule has 6 heteroatoms. The van der Waals surface area contributed by atoms with Gasteiger partial charge in [0.2, 0.25) is 0 Å². The van der Waals surface area contributed by atoms with Crippen LogP contribution in [0.1, 0.15) is 25.0 Å². The first kappa shape index (κ1) is 18.9. The highest BCUT2D eigenvalue weighted by molar-refractivity contribution is 5.26. The molecule has 0 saturated carbocycles. The molecule has 1 heterocycles. The molecule has 1 saturated heterocycles. The summed E-state index contributed by atoms with van der Waals surface area (Å²) in [6.07, 6.45) is -0.582. The monoisotopic (exact) mass is 335 g/mol. The number of hydrazone groups is 1. The molecule has 0 aromatic heterocycles. The maximum atomic E-state index is 10.2. The van der Waals surface area contributed by atoms with Gasteiger partial charge in [0.1, 0.15) is 6.23 Å². The van der Waals surface area contributed by atoms with Gasteiger partial charge in [-0.15, -0.1) is 0 Å². The quantitative estimate of drug-likeness (QED) is 0.383. The second-order valence-electron chi connectivity index (χ2n) is 6.58. The van der Waals surface area contributed by atoms with E-state index in [2.05, 4.69) is 11.8 Å². The molecule has 1 aliphatic heterocycles. The van der Waals surface area contributed by atoms with Crippen molar-refractivity contribution in [3.63, 3.8) is 0 Å². The maximum absolute atomic E-state index is 10.2. The second kappa shape index (κ2) is 8.58. The summed E-state index contributed by atoms with van der Waals surface area (Å²) in [4.78, 5) is 2.02. The first-order valence-corrected chi connectivity index (χ1v) is 8.42. The normalized spacial score (nSPS) is 17.4. The van der Waals surface area contributed by atoms with E-state index in [4.69, 9.17) is 4.74 Å². The molecular weight excluding hydrogens is 306 g/mol. The Kier molecular flexibility index (Phi) is 6.74. The summed E-state index contributed by atoms with van der Waals surface area (Å²) in [7, 11) is 0. The third-order valence-electron chi connectivity index (χ3n) is 4.63. The molecule has 1 atom stereocenters. The molecule has 2 N–H and O–H groups in total. The van der Waals surface area contributed by atoms with E-state index in [-0.39, 0.29) is 12.0 Å². The molecule has 1 aliphatic rings. The molecule has 0 bridgehead atoms. The highest BCUT2D eigenvalue weighted by Gasteiger charge is 2.42. The fourth-order valence-electron chi connectivity index (χ4n) is 3.11. The van der Waals surface area contributed by atoms with Gasteiger partial charge < -0.3 is 14.9 Å². The van der Waals surface area contributed by atoms with Crippen molar-refractivity contribution in [3.05, 3.63) is 35.4 Å². The van der Waals surface area contributed by atoms with Crippen LogP contribution < -0.4 is 0 Å². The molecule has 0 radical (unpaired) electrons. The smallest absolute Gasteiger partial charge is 0.104 e. The predicted molar refractivity (Wildman–Crippen MR) is 94.5 cm³/mol. The van der Waals surface area contributed by atoms with Crippen molar-refractivity contribution < 1.29 is 14.9 Å². The third kappa shape index (κ3) is 4.54. The number of hydrogen-bond donors (Lipinski definition) is 2. The lowest BCUT2D eigenvalue weighted by atomic mass is 9.84. The molecule has 0 amide bonds. The van der Waals surface area contributed by atoms with Gasteiger partial charge >= 0.3 is 0 Å². The molecule has 134 valence electrons. The fraction of sp³-hybridized carbons (Fsp3) is 0.611. The summed E-state index contributed by atoms with van der Waals surface area (Å²) in [6, 6.07) is 7.78. The van der Waals surface area contributed by atoms with Crippen molar-refractivity contribution in [2.24, 2.45) is 10.5 Å². The Morgan fingerprint density at radius 3 is 2.42 bits per heavy atom. The average Bonchev–Trinajstić information content (AvgIpc) is 2.56. The minimum atomic E-state index is -0.582. The van der Waals surface area contributed by atoms with E-state index >= 15 is 0 Å². The lowest BCUT2D eigenvalue weighted by Gasteiger charge is -2.47. The minimum Gasteiger partial charge on any atom is -0.392 e. The van der Waals surface area contributed by atoms with Crippen molar-refractivity contribution in [2.45, 2.75) is 33.2 Å². The van der Waals surface area contributed by atoms with E-state index < -0.39 is 6.23 Å². The highest BCUT2D eigenvalue weighted by atomic mass is 16.5. The van der Waals surface area contributed by atoms with Crippen LogP contribution >= 0.6 is 0 Å². The molecule has 1 aromatic rings. The van der Waals surface area contributed by atoms with Crippen LogP contribution in [-0.4, -0.2) is 65.9 Å². The molecule has 24 heavy (non-hydrogen) atoms. The van der Waals surface area contributed by atoms with E-state index in [0.29, 0.717) is 26.3 Å². The Morgan fingerprint density at radius 2 is 1.96 bits per heavy atom. The standard InChI is InChI=1S/C18H29N3O3/c1-4-21(19-3)12-18(13-24-14-18)11-20(15(2)23)9-16-7-5-6-8-17(16)10-22/h5-8,15,22-23H,3-4,9-14H2,1-2H3. The topological polar surface area (TPSA) is 68.5 Å². The van der Waals surface area contributed by atoms with Crippen molar-refractivity contribution in [2.75, 3.05) is 32.8 Å². The number of hydrogen-bond acceptors (Lipinski definition) is 6. The Bertz CT molecular complexity index is 532. The summed E-state index contributed by atoms with van der Waals surface area (Å²) in [5.74, 6) is 0. The van der Waals surface area contributed by atoms with Crippen molar-refractivity contribution in [1.29, 1.82) is 0 Å². The summed E-state index contributed by atoms with van der Waals surface area (Å²) in [6.45, 7) is 11.6. The van der Waals surface area contributed by atoms with Gasteiger partial charge in [0.05, 0.1) is 19.8 Å². The Balaban J connectivity index is 2.11. The SMILES string of the molecule is C=NN(CC)CC1(CN(Cc2ccccc2CO)C(C)O)COC1. The van der Waals surface area contributed by atoms with Crippen LogP contribution in [0.2, 0.25) is 0 Å². The van der Waals surface area contributed by atoms with Crippen molar-refractivity contribution in [1.82, 2.24) is 9.91 Å².